The molecule has 2 nitrogen and oxygen atoms in total. The van der Waals surface area contributed by atoms with Crippen molar-refractivity contribution < 1.29 is 4.74 Å². The number of benzene rings is 1. The predicted octanol–water partition coefficient (Wildman–Crippen LogP) is 5.04. The van der Waals surface area contributed by atoms with Crippen LogP contribution in [0.2, 0.25) is 5.02 Å². The van der Waals surface area contributed by atoms with Gasteiger partial charge in [-0.3, -0.25) is 0 Å². The van der Waals surface area contributed by atoms with Crippen molar-refractivity contribution in [2.45, 2.75) is 45.6 Å². The van der Waals surface area contributed by atoms with E-state index in [9.17, 15) is 0 Å². The molecule has 0 saturated carbocycles. The lowest BCUT2D eigenvalue weighted by atomic mass is 10.1. The van der Waals surface area contributed by atoms with Crippen molar-refractivity contribution in [3.63, 3.8) is 0 Å². The molecule has 19 heavy (non-hydrogen) atoms. The molecule has 108 valence electrons. The standard InChI is InChI=1S/C15H23BrClNO/c1-15(2,3)18-9-5-4-6-10-19-14-11-12(16)7-8-13(14)17/h7-8,11,18H,4-6,9-10H2,1-3H3. The Hall–Kier alpha value is -0.250. The molecular weight excluding hydrogens is 326 g/mol. The Balaban J connectivity index is 2.12. The molecule has 0 aliphatic rings. The van der Waals surface area contributed by atoms with Crippen LogP contribution in [-0.2, 0) is 0 Å². The highest BCUT2D eigenvalue weighted by Crippen LogP contribution is 2.28. The number of nitrogens with one attached hydrogen (secondary N) is 1. The molecule has 0 aromatic heterocycles. The molecule has 0 unspecified atom stereocenters. The molecule has 0 spiro atoms. The summed E-state index contributed by atoms with van der Waals surface area (Å²) in [4.78, 5) is 0. The summed E-state index contributed by atoms with van der Waals surface area (Å²) in [5.41, 5.74) is 0.209. The first-order valence-electron chi connectivity index (χ1n) is 6.71. The fourth-order valence-electron chi connectivity index (χ4n) is 1.64. The maximum atomic E-state index is 6.05. The summed E-state index contributed by atoms with van der Waals surface area (Å²) >= 11 is 9.46. The first-order chi connectivity index (χ1) is 8.88. The van der Waals surface area contributed by atoms with Gasteiger partial charge in [0.25, 0.3) is 0 Å². The second-order valence-corrected chi connectivity index (χ2v) is 6.98. The van der Waals surface area contributed by atoms with Crippen LogP contribution in [0.1, 0.15) is 40.0 Å². The average molecular weight is 349 g/mol. The third kappa shape index (κ3) is 7.81. The van der Waals surface area contributed by atoms with E-state index in [4.69, 9.17) is 16.3 Å². The van der Waals surface area contributed by atoms with E-state index in [0.29, 0.717) is 11.6 Å². The molecular formula is C15H23BrClNO. The van der Waals surface area contributed by atoms with Crippen molar-refractivity contribution in [2.24, 2.45) is 0 Å². The second kappa shape index (κ2) is 8.13. The second-order valence-electron chi connectivity index (χ2n) is 5.66. The lowest BCUT2D eigenvalue weighted by Gasteiger charge is -2.20. The van der Waals surface area contributed by atoms with Gasteiger partial charge in [-0.25, -0.2) is 0 Å². The fraction of sp³-hybridized carbons (Fsp3) is 0.600. The molecule has 0 radical (unpaired) electrons. The predicted molar refractivity (Wildman–Crippen MR) is 86.3 cm³/mol. The van der Waals surface area contributed by atoms with Crippen LogP contribution in [0.3, 0.4) is 0 Å². The van der Waals surface area contributed by atoms with E-state index < -0.39 is 0 Å². The van der Waals surface area contributed by atoms with Crippen LogP contribution >= 0.6 is 27.5 Å². The molecule has 0 bridgehead atoms. The SMILES string of the molecule is CC(C)(C)NCCCCCOc1cc(Br)ccc1Cl. The van der Waals surface area contributed by atoms with Crippen molar-refractivity contribution in [2.75, 3.05) is 13.2 Å². The zero-order chi connectivity index (χ0) is 14.3. The maximum Gasteiger partial charge on any atom is 0.139 e. The molecule has 4 heteroatoms. The van der Waals surface area contributed by atoms with Crippen LogP contribution in [0.4, 0.5) is 0 Å². The quantitative estimate of drug-likeness (QED) is 0.697. The Kier molecular flexibility index (Phi) is 7.19. The van der Waals surface area contributed by atoms with Crippen LogP contribution in [-0.4, -0.2) is 18.7 Å². The van der Waals surface area contributed by atoms with Gasteiger partial charge < -0.3 is 10.1 Å². The van der Waals surface area contributed by atoms with Gasteiger partial charge in [-0.05, 0) is 64.8 Å². The molecule has 0 saturated heterocycles. The van der Waals surface area contributed by atoms with Crippen molar-refractivity contribution in [3.05, 3.63) is 27.7 Å². The first kappa shape index (κ1) is 16.8. The maximum absolute atomic E-state index is 6.05. The monoisotopic (exact) mass is 347 g/mol. The van der Waals surface area contributed by atoms with Gasteiger partial charge in [0, 0.05) is 10.0 Å². The molecule has 1 aromatic carbocycles. The summed E-state index contributed by atoms with van der Waals surface area (Å²) in [5.74, 6) is 0.754. The number of hydrogen-bond donors (Lipinski definition) is 1. The topological polar surface area (TPSA) is 21.3 Å². The molecule has 0 heterocycles. The summed E-state index contributed by atoms with van der Waals surface area (Å²) in [7, 11) is 0. The summed E-state index contributed by atoms with van der Waals surface area (Å²) in [6, 6.07) is 5.66. The van der Waals surface area contributed by atoms with E-state index in [1.165, 1.54) is 6.42 Å². The third-order valence-electron chi connectivity index (χ3n) is 2.63. The van der Waals surface area contributed by atoms with Gasteiger partial charge in [-0.1, -0.05) is 27.5 Å². The van der Waals surface area contributed by atoms with Crippen LogP contribution in [0, 0.1) is 0 Å². The van der Waals surface area contributed by atoms with Crippen LogP contribution < -0.4 is 10.1 Å². The molecule has 0 fully saturated rings. The van der Waals surface area contributed by atoms with E-state index >= 15 is 0 Å². The lowest BCUT2D eigenvalue weighted by molar-refractivity contribution is 0.303. The first-order valence-corrected chi connectivity index (χ1v) is 7.88. The summed E-state index contributed by atoms with van der Waals surface area (Å²) in [5, 5.41) is 4.14. The summed E-state index contributed by atoms with van der Waals surface area (Å²) < 4.78 is 6.67. The zero-order valence-corrected chi connectivity index (χ0v) is 14.3. The zero-order valence-electron chi connectivity index (χ0n) is 11.9. The van der Waals surface area contributed by atoms with Crippen molar-refractivity contribution in [1.82, 2.24) is 5.32 Å². The van der Waals surface area contributed by atoms with Crippen molar-refractivity contribution in [3.8, 4) is 5.75 Å². The number of hydrogen-bond acceptors (Lipinski definition) is 2. The molecule has 0 atom stereocenters. The van der Waals surface area contributed by atoms with Gasteiger partial charge >= 0.3 is 0 Å². The largest absolute Gasteiger partial charge is 0.492 e. The Labute approximate surface area is 130 Å². The molecule has 0 aliphatic heterocycles. The normalized spacial score (nSPS) is 11.6. The minimum absolute atomic E-state index is 0.209. The highest BCUT2D eigenvalue weighted by molar-refractivity contribution is 9.10. The van der Waals surface area contributed by atoms with E-state index in [1.807, 2.05) is 18.2 Å². The third-order valence-corrected chi connectivity index (χ3v) is 3.43. The highest BCUT2D eigenvalue weighted by atomic mass is 79.9. The molecule has 1 aromatic rings. The van der Waals surface area contributed by atoms with E-state index in [1.54, 1.807) is 0 Å². The van der Waals surface area contributed by atoms with Crippen LogP contribution in [0.25, 0.3) is 0 Å². The molecule has 1 rings (SSSR count). The van der Waals surface area contributed by atoms with Crippen molar-refractivity contribution >= 4 is 27.5 Å². The van der Waals surface area contributed by atoms with Crippen LogP contribution in [0.5, 0.6) is 5.75 Å². The Morgan fingerprint density at radius 1 is 1.21 bits per heavy atom. The Morgan fingerprint density at radius 2 is 1.95 bits per heavy atom. The minimum Gasteiger partial charge on any atom is -0.492 e. The van der Waals surface area contributed by atoms with E-state index in [-0.39, 0.29) is 5.54 Å². The lowest BCUT2D eigenvalue weighted by Crippen LogP contribution is -2.36. The van der Waals surface area contributed by atoms with Crippen LogP contribution in [0.15, 0.2) is 22.7 Å². The summed E-state index contributed by atoms with van der Waals surface area (Å²) in [6.45, 7) is 8.33. The van der Waals surface area contributed by atoms with Gasteiger partial charge in [0.05, 0.1) is 11.6 Å². The molecule has 0 amide bonds. The minimum atomic E-state index is 0.209. The molecule has 1 N–H and O–H groups in total. The summed E-state index contributed by atoms with van der Waals surface area (Å²) in [6.07, 6.45) is 3.39. The number of halogens is 2. The Bertz CT molecular complexity index is 390. The van der Waals surface area contributed by atoms with Gasteiger partial charge in [0.2, 0.25) is 0 Å². The number of rotatable bonds is 7. The number of ether oxygens (including phenoxy) is 1. The van der Waals surface area contributed by atoms with E-state index in [2.05, 4.69) is 42.0 Å². The number of unbranched alkanes of at least 4 members (excludes halogenated alkanes) is 2. The highest BCUT2D eigenvalue weighted by Gasteiger charge is 2.07. The van der Waals surface area contributed by atoms with Gasteiger partial charge in [0.15, 0.2) is 0 Å². The van der Waals surface area contributed by atoms with Crippen molar-refractivity contribution in [1.29, 1.82) is 0 Å². The smallest absolute Gasteiger partial charge is 0.139 e. The fourth-order valence-corrected chi connectivity index (χ4v) is 2.15. The van der Waals surface area contributed by atoms with E-state index in [0.717, 1.165) is 29.6 Å². The van der Waals surface area contributed by atoms with Gasteiger partial charge in [-0.2, -0.15) is 0 Å². The molecule has 0 aliphatic carbocycles. The average Bonchev–Trinajstić information content (AvgIpc) is 2.31. The van der Waals surface area contributed by atoms with Gasteiger partial charge in [-0.15, -0.1) is 0 Å². The Morgan fingerprint density at radius 3 is 2.63 bits per heavy atom. The van der Waals surface area contributed by atoms with Gasteiger partial charge in [0.1, 0.15) is 5.75 Å².